The van der Waals surface area contributed by atoms with Crippen molar-refractivity contribution in [3.63, 3.8) is 0 Å². The summed E-state index contributed by atoms with van der Waals surface area (Å²) in [5, 5.41) is 0. The first kappa shape index (κ1) is 14.9. The molecule has 0 bridgehead atoms. The van der Waals surface area contributed by atoms with Crippen LogP contribution in [0.15, 0.2) is 18.2 Å². The number of benzene rings is 1. The molecule has 0 aromatic heterocycles. The number of halogens is 2. The Labute approximate surface area is 124 Å². The molecule has 3 atom stereocenters. The molecule has 21 heavy (non-hydrogen) atoms. The lowest BCUT2D eigenvalue weighted by molar-refractivity contribution is 0.0294. The van der Waals surface area contributed by atoms with Crippen molar-refractivity contribution < 1.29 is 8.78 Å². The van der Waals surface area contributed by atoms with Crippen molar-refractivity contribution in [1.29, 1.82) is 0 Å². The normalized spacial score (nSPS) is 28.6. The van der Waals surface area contributed by atoms with E-state index in [1.54, 1.807) is 0 Å². The van der Waals surface area contributed by atoms with Gasteiger partial charge in [0, 0.05) is 43.8 Å². The molecule has 2 saturated heterocycles. The third kappa shape index (κ3) is 2.96. The standard InChI is InChI=1S/C16H23F2N3/c1-11-9-20-4-2-3-15(20)10-21(11)16(8-19)12-5-13(17)7-14(18)6-12/h5-7,11,15-16H,2-4,8-10,19H2,1H3. The lowest BCUT2D eigenvalue weighted by Crippen LogP contribution is -2.56. The van der Waals surface area contributed by atoms with Gasteiger partial charge in [-0.05, 0) is 44.0 Å². The second kappa shape index (κ2) is 5.99. The molecule has 116 valence electrons. The predicted molar refractivity (Wildman–Crippen MR) is 78.9 cm³/mol. The van der Waals surface area contributed by atoms with Gasteiger partial charge in [-0.1, -0.05) is 0 Å². The average Bonchev–Trinajstić information content (AvgIpc) is 2.85. The second-order valence-corrected chi connectivity index (χ2v) is 6.29. The first-order valence-electron chi connectivity index (χ1n) is 7.74. The van der Waals surface area contributed by atoms with Crippen molar-refractivity contribution >= 4 is 0 Å². The SMILES string of the molecule is CC1CN2CCCC2CN1C(CN)c1cc(F)cc(F)c1. The van der Waals surface area contributed by atoms with Crippen LogP contribution in [-0.2, 0) is 0 Å². The zero-order valence-corrected chi connectivity index (χ0v) is 12.4. The van der Waals surface area contributed by atoms with Gasteiger partial charge in [0.1, 0.15) is 11.6 Å². The van der Waals surface area contributed by atoms with Crippen molar-refractivity contribution in [3.05, 3.63) is 35.4 Å². The molecule has 0 saturated carbocycles. The molecule has 0 spiro atoms. The first-order valence-corrected chi connectivity index (χ1v) is 7.74. The fourth-order valence-corrected chi connectivity index (χ4v) is 3.87. The minimum absolute atomic E-state index is 0.118. The van der Waals surface area contributed by atoms with Crippen LogP contribution in [0.5, 0.6) is 0 Å². The van der Waals surface area contributed by atoms with Crippen LogP contribution in [0.3, 0.4) is 0 Å². The number of nitrogens with zero attached hydrogens (tertiary/aromatic N) is 2. The van der Waals surface area contributed by atoms with Crippen LogP contribution in [0, 0.1) is 11.6 Å². The fourth-order valence-electron chi connectivity index (χ4n) is 3.87. The Morgan fingerprint density at radius 3 is 2.62 bits per heavy atom. The number of fused-ring (bicyclic) bond motifs is 1. The van der Waals surface area contributed by atoms with Crippen molar-refractivity contribution in [2.75, 3.05) is 26.2 Å². The van der Waals surface area contributed by atoms with Crippen molar-refractivity contribution in [1.82, 2.24) is 9.80 Å². The second-order valence-electron chi connectivity index (χ2n) is 6.29. The Balaban J connectivity index is 1.84. The minimum Gasteiger partial charge on any atom is -0.329 e. The highest BCUT2D eigenvalue weighted by molar-refractivity contribution is 5.22. The summed E-state index contributed by atoms with van der Waals surface area (Å²) in [6.45, 7) is 5.66. The lowest BCUT2D eigenvalue weighted by Gasteiger charge is -2.46. The fraction of sp³-hybridized carbons (Fsp3) is 0.625. The molecular formula is C16H23F2N3. The van der Waals surface area contributed by atoms with Crippen LogP contribution < -0.4 is 5.73 Å². The van der Waals surface area contributed by atoms with E-state index in [1.165, 1.54) is 31.5 Å². The summed E-state index contributed by atoms with van der Waals surface area (Å²) in [6.07, 6.45) is 2.45. The summed E-state index contributed by atoms with van der Waals surface area (Å²) in [4.78, 5) is 4.85. The van der Waals surface area contributed by atoms with E-state index in [0.717, 1.165) is 19.2 Å². The van der Waals surface area contributed by atoms with Crippen molar-refractivity contribution in [2.45, 2.75) is 37.9 Å². The van der Waals surface area contributed by atoms with Gasteiger partial charge < -0.3 is 5.73 Å². The van der Waals surface area contributed by atoms with Gasteiger partial charge in [0.05, 0.1) is 0 Å². The average molecular weight is 295 g/mol. The van der Waals surface area contributed by atoms with Crippen LogP contribution in [0.25, 0.3) is 0 Å². The summed E-state index contributed by atoms with van der Waals surface area (Å²) in [6, 6.07) is 4.53. The highest BCUT2D eigenvalue weighted by atomic mass is 19.1. The third-order valence-electron chi connectivity index (χ3n) is 4.88. The quantitative estimate of drug-likeness (QED) is 0.927. The Morgan fingerprint density at radius 1 is 1.24 bits per heavy atom. The highest BCUT2D eigenvalue weighted by Crippen LogP contribution is 2.31. The zero-order valence-electron chi connectivity index (χ0n) is 12.4. The van der Waals surface area contributed by atoms with Crippen molar-refractivity contribution in [3.8, 4) is 0 Å². The molecule has 2 heterocycles. The molecule has 0 radical (unpaired) electrons. The molecule has 0 aliphatic carbocycles. The largest absolute Gasteiger partial charge is 0.329 e. The van der Waals surface area contributed by atoms with Crippen LogP contribution in [0.4, 0.5) is 8.78 Å². The number of hydrogen-bond donors (Lipinski definition) is 1. The molecule has 2 aliphatic heterocycles. The van der Waals surface area contributed by atoms with Gasteiger partial charge in [-0.15, -0.1) is 0 Å². The van der Waals surface area contributed by atoms with E-state index in [-0.39, 0.29) is 6.04 Å². The van der Waals surface area contributed by atoms with E-state index in [1.807, 2.05) is 0 Å². The summed E-state index contributed by atoms with van der Waals surface area (Å²) >= 11 is 0. The number of rotatable bonds is 3. The molecule has 3 unspecified atom stereocenters. The zero-order chi connectivity index (χ0) is 15.0. The van der Waals surface area contributed by atoms with Gasteiger partial charge in [-0.3, -0.25) is 9.80 Å². The summed E-state index contributed by atoms with van der Waals surface area (Å²) in [5.41, 5.74) is 6.58. The van der Waals surface area contributed by atoms with Gasteiger partial charge in [-0.2, -0.15) is 0 Å². The van der Waals surface area contributed by atoms with Gasteiger partial charge >= 0.3 is 0 Å². The molecular weight excluding hydrogens is 272 g/mol. The molecule has 1 aromatic rings. The molecule has 3 rings (SSSR count). The molecule has 1 aromatic carbocycles. The molecule has 5 heteroatoms. The van der Waals surface area contributed by atoms with E-state index >= 15 is 0 Å². The van der Waals surface area contributed by atoms with E-state index in [2.05, 4.69) is 16.7 Å². The van der Waals surface area contributed by atoms with E-state index < -0.39 is 11.6 Å². The van der Waals surface area contributed by atoms with Gasteiger partial charge in [-0.25, -0.2) is 8.78 Å². The van der Waals surface area contributed by atoms with Crippen LogP contribution in [-0.4, -0.2) is 48.1 Å². The van der Waals surface area contributed by atoms with Crippen LogP contribution >= 0.6 is 0 Å². The molecule has 2 N–H and O–H groups in total. The first-order chi connectivity index (χ1) is 10.1. The number of hydrogen-bond acceptors (Lipinski definition) is 3. The molecule has 0 amide bonds. The Bertz CT molecular complexity index is 488. The maximum absolute atomic E-state index is 13.5. The van der Waals surface area contributed by atoms with E-state index in [0.29, 0.717) is 24.2 Å². The lowest BCUT2D eigenvalue weighted by atomic mass is 9.99. The monoisotopic (exact) mass is 295 g/mol. The maximum Gasteiger partial charge on any atom is 0.126 e. The molecule has 2 fully saturated rings. The third-order valence-corrected chi connectivity index (χ3v) is 4.88. The molecule has 2 aliphatic rings. The van der Waals surface area contributed by atoms with Gasteiger partial charge in [0.2, 0.25) is 0 Å². The maximum atomic E-state index is 13.5. The Hall–Kier alpha value is -1.04. The smallest absolute Gasteiger partial charge is 0.126 e. The number of piperazine rings is 1. The van der Waals surface area contributed by atoms with Gasteiger partial charge in [0.15, 0.2) is 0 Å². The van der Waals surface area contributed by atoms with Crippen molar-refractivity contribution in [2.24, 2.45) is 5.73 Å². The van der Waals surface area contributed by atoms with Gasteiger partial charge in [0.25, 0.3) is 0 Å². The summed E-state index contributed by atoms with van der Waals surface area (Å²) < 4.78 is 27.0. The molecule has 3 nitrogen and oxygen atoms in total. The van der Waals surface area contributed by atoms with Crippen LogP contribution in [0.1, 0.15) is 31.4 Å². The number of nitrogens with two attached hydrogens (primary N) is 1. The minimum atomic E-state index is -0.532. The van der Waals surface area contributed by atoms with E-state index in [4.69, 9.17) is 5.73 Å². The Morgan fingerprint density at radius 2 is 1.95 bits per heavy atom. The topological polar surface area (TPSA) is 32.5 Å². The summed E-state index contributed by atoms with van der Waals surface area (Å²) in [5.74, 6) is -1.06. The Kier molecular flexibility index (Phi) is 4.24. The highest BCUT2D eigenvalue weighted by Gasteiger charge is 2.37. The predicted octanol–water partition coefficient (Wildman–Crippen LogP) is 2.13. The summed E-state index contributed by atoms with van der Waals surface area (Å²) in [7, 11) is 0. The van der Waals surface area contributed by atoms with E-state index in [9.17, 15) is 8.78 Å². The van der Waals surface area contributed by atoms with Crippen LogP contribution in [0.2, 0.25) is 0 Å².